The van der Waals surface area contributed by atoms with Crippen LogP contribution in [-0.4, -0.2) is 52.1 Å². The first-order valence-electron chi connectivity index (χ1n) is 10.8. The van der Waals surface area contributed by atoms with E-state index in [-0.39, 0.29) is 0 Å². The molecule has 0 atom stereocenters. The van der Waals surface area contributed by atoms with Crippen LogP contribution in [0, 0.1) is 5.92 Å². The molecule has 6 heteroatoms. The number of nitrogens with zero attached hydrogens (tertiary/aromatic N) is 1. The van der Waals surface area contributed by atoms with E-state index in [1.807, 2.05) is 18.2 Å². The molecular weight excluding hydrogens is 380 g/mol. The number of likely N-dealkylation sites (tertiary alicyclic amines) is 1. The summed E-state index contributed by atoms with van der Waals surface area (Å²) >= 11 is 0. The molecule has 0 saturated carbocycles. The zero-order valence-electron chi connectivity index (χ0n) is 18.0. The van der Waals surface area contributed by atoms with Crippen LogP contribution in [0.15, 0.2) is 36.4 Å². The molecule has 0 aromatic heterocycles. The number of hydrogen-bond acceptors (Lipinski definition) is 6. The van der Waals surface area contributed by atoms with E-state index in [0.717, 1.165) is 54.1 Å². The van der Waals surface area contributed by atoms with Gasteiger partial charge < -0.3 is 29.2 Å². The van der Waals surface area contributed by atoms with Crippen LogP contribution in [0.5, 0.6) is 23.0 Å². The minimum atomic E-state index is 0.323. The Kier molecular flexibility index (Phi) is 6.84. The monoisotopic (exact) mass is 412 g/mol. The lowest BCUT2D eigenvalue weighted by molar-refractivity contribution is 0.174. The van der Waals surface area contributed by atoms with Gasteiger partial charge in [-0.05, 0) is 74.5 Å². The average Bonchev–Trinajstić information content (AvgIpc) is 3.26. The number of hydrogen-bond donors (Lipinski definition) is 1. The highest BCUT2D eigenvalue weighted by Gasteiger charge is 2.19. The zero-order valence-corrected chi connectivity index (χ0v) is 18.0. The van der Waals surface area contributed by atoms with Crippen molar-refractivity contribution in [3.8, 4) is 23.0 Å². The molecular formula is C24H32N2O4. The molecule has 0 aliphatic carbocycles. The van der Waals surface area contributed by atoms with Gasteiger partial charge in [-0.25, -0.2) is 0 Å². The van der Waals surface area contributed by atoms with Crippen LogP contribution in [0.3, 0.4) is 0 Å². The third-order valence-corrected chi connectivity index (χ3v) is 6.13. The highest BCUT2D eigenvalue weighted by Crippen LogP contribution is 2.34. The van der Waals surface area contributed by atoms with Gasteiger partial charge in [0.25, 0.3) is 0 Å². The van der Waals surface area contributed by atoms with Crippen molar-refractivity contribution in [2.45, 2.75) is 25.7 Å². The summed E-state index contributed by atoms with van der Waals surface area (Å²) in [5.41, 5.74) is 2.40. The molecule has 162 valence electrons. The van der Waals surface area contributed by atoms with E-state index in [1.165, 1.54) is 37.9 Å². The Balaban J connectivity index is 1.15. The van der Waals surface area contributed by atoms with Crippen LogP contribution in [0.2, 0.25) is 0 Å². The number of fused-ring (bicyclic) bond motifs is 1. The summed E-state index contributed by atoms with van der Waals surface area (Å²) in [7, 11) is 3.36. The van der Waals surface area contributed by atoms with E-state index in [2.05, 4.69) is 28.4 Å². The summed E-state index contributed by atoms with van der Waals surface area (Å²) in [6, 6.07) is 12.3. The maximum absolute atomic E-state index is 5.45. The Morgan fingerprint density at radius 2 is 1.77 bits per heavy atom. The summed E-state index contributed by atoms with van der Waals surface area (Å²) in [5, 5.41) is 3.53. The first-order chi connectivity index (χ1) is 14.7. The molecule has 2 aromatic carbocycles. The summed E-state index contributed by atoms with van der Waals surface area (Å²) < 4.78 is 21.6. The van der Waals surface area contributed by atoms with Gasteiger partial charge in [-0.2, -0.15) is 0 Å². The number of rotatable bonds is 9. The Labute approximate surface area is 179 Å². The number of benzene rings is 2. The van der Waals surface area contributed by atoms with E-state index in [9.17, 15) is 0 Å². The molecule has 0 unspecified atom stereocenters. The van der Waals surface area contributed by atoms with Gasteiger partial charge >= 0.3 is 0 Å². The Hall–Kier alpha value is -2.60. The van der Waals surface area contributed by atoms with Crippen LogP contribution in [-0.2, 0) is 6.42 Å². The van der Waals surface area contributed by atoms with Gasteiger partial charge in [-0.3, -0.25) is 0 Å². The second-order valence-corrected chi connectivity index (χ2v) is 8.01. The second-order valence-electron chi connectivity index (χ2n) is 8.01. The number of anilines is 1. The van der Waals surface area contributed by atoms with E-state index >= 15 is 0 Å². The van der Waals surface area contributed by atoms with Gasteiger partial charge in [0.2, 0.25) is 6.79 Å². The van der Waals surface area contributed by atoms with E-state index in [0.29, 0.717) is 6.79 Å². The van der Waals surface area contributed by atoms with Crippen molar-refractivity contribution in [1.29, 1.82) is 0 Å². The molecule has 6 nitrogen and oxygen atoms in total. The van der Waals surface area contributed by atoms with Crippen molar-refractivity contribution in [2.75, 3.05) is 52.5 Å². The van der Waals surface area contributed by atoms with Gasteiger partial charge in [0.1, 0.15) is 0 Å². The minimum absolute atomic E-state index is 0.323. The molecule has 4 rings (SSSR count). The average molecular weight is 413 g/mol. The lowest BCUT2D eigenvalue weighted by Gasteiger charge is -2.32. The lowest BCUT2D eigenvalue weighted by atomic mass is 9.93. The van der Waals surface area contributed by atoms with Crippen molar-refractivity contribution in [3.05, 3.63) is 42.0 Å². The van der Waals surface area contributed by atoms with E-state index in [4.69, 9.17) is 18.9 Å². The maximum atomic E-state index is 5.45. The Bertz CT molecular complexity index is 834. The molecule has 0 bridgehead atoms. The smallest absolute Gasteiger partial charge is 0.231 e. The Morgan fingerprint density at radius 3 is 2.57 bits per heavy atom. The van der Waals surface area contributed by atoms with Crippen molar-refractivity contribution in [2.24, 2.45) is 5.92 Å². The second kappa shape index (κ2) is 9.94. The number of piperidine rings is 1. The highest BCUT2D eigenvalue weighted by molar-refractivity contribution is 5.55. The van der Waals surface area contributed by atoms with Crippen LogP contribution in [0.25, 0.3) is 0 Å². The molecule has 0 amide bonds. The molecule has 0 spiro atoms. The maximum Gasteiger partial charge on any atom is 0.231 e. The van der Waals surface area contributed by atoms with Crippen molar-refractivity contribution < 1.29 is 18.9 Å². The van der Waals surface area contributed by atoms with Crippen LogP contribution in [0.1, 0.15) is 24.8 Å². The summed E-state index contributed by atoms with van der Waals surface area (Å²) in [5.74, 6) is 4.06. The van der Waals surface area contributed by atoms with E-state index in [1.54, 1.807) is 14.2 Å². The van der Waals surface area contributed by atoms with Gasteiger partial charge in [0, 0.05) is 24.8 Å². The Morgan fingerprint density at radius 1 is 0.967 bits per heavy atom. The molecule has 30 heavy (non-hydrogen) atoms. The summed E-state index contributed by atoms with van der Waals surface area (Å²) in [6.45, 7) is 4.78. The quantitative estimate of drug-likeness (QED) is 0.667. The van der Waals surface area contributed by atoms with Crippen LogP contribution >= 0.6 is 0 Å². The first kappa shape index (κ1) is 20.7. The van der Waals surface area contributed by atoms with Crippen molar-refractivity contribution in [3.63, 3.8) is 0 Å². The minimum Gasteiger partial charge on any atom is -0.493 e. The van der Waals surface area contributed by atoms with E-state index < -0.39 is 0 Å². The van der Waals surface area contributed by atoms with Crippen molar-refractivity contribution >= 4 is 5.69 Å². The molecule has 1 fully saturated rings. The molecule has 2 aliphatic heterocycles. The SMILES string of the molecule is COc1ccc(CCN2CCC(CCNc3ccc4c(c3)OCO4)CC2)cc1OC. The van der Waals surface area contributed by atoms with Gasteiger partial charge in [-0.15, -0.1) is 0 Å². The molecule has 0 radical (unpaired) electrons. The fourth-order valence-corrected chi connectivity index (χ4v) is 4.25. The number of methoxy groups -OCH3 is 2. The zero-order chi connectivity index (χ0) is 20.8. The molecule has 2 heterocycles. The number of ether oxygens (including phenoxy) is 4. The largest absolute Gasteiger partial charge is 0.493 e. The normalized spacial score (nSPS) is 16.5. The lowest BCUT2D eigenvalue weighted by Crippen LogP contribution is -2.35. The van der Waals surface area contributed by atoms with Gasteiger partial charge in [0.15, 0.2) is 23.0 Å². The first-order valence-corrected chi connectivity index (χ1v) is 10.8. The van der Waals surface area contributed by atoms with Crippen LogP contribution < -0.4 is 24.3 Å². The highest BCUT2D eigenvalue weighted by atomic mass is 16.7. The predicted molar refractivity (Wildman–Crippen MR) is 118 cm³/mol. The summed E-state index contributed by atoms with van der Waals surface area (Å²) in [4.78, 5) is 2.58. The van der Waals surface area contributed by atoms with Crippen molar-refractivity contribution in [1.82, 2.24) is 4.90 Å². The van der Waals surface area contributed by atoms with Gasteiger partial charge in [-0.1, -0.05) is 6.07 Å². The fourth-order valence-electron chi connectivity index (χ4n) is 4.25. The predicted octanol–water partition coefficient (Wildman–Crippen LogP) is 4.19. The third-order valence-electron chi connectivity index (χ3n) is 6.13. The summed E-state index contributed by atoms with van der Waals surface area (Å²) in [6.07, 6.45) is 4.79. The molecule has 1 saturated heterocycles. The molecule has 2 aromatic rings. The number of nitrogens with one attached hydrogen (secondary N) is 1. The molecule has 1 N–H and O–H groups in total. The fraction of sp³-hybridized carbons (Fsp3) is 0.500. The third kappa shape index (κ3) is 5.11. The van der Waals surface area contributed by atoms with Gasteiger partial charge in [0.05, 0.1) is 14.2 Å². The topological polar surface area (TPSA) is 52.2 Å². The standard InChI is InChI=1S/C24H32N2O4/c1-27-21-5-3-19(15-23(21)28-2)10-14-26-12-8-18(9-13-26)7-11-25-20-4-6-22-24(16-20)30-17-29-22/h3-6,15-16,18,25H,7-14,17H2,1-2H3. The van der Waals surface area contributed by atoms with Crippen LogP contribution in [0.4, 0.5) is 5.69 Å². The molecule has 2 aliphatic rings.